The van der Waals surface area contributed by atoms with E-state index in [4.69, 9.17) is 16.3 Å². The van der Waals surface area contributed by atoms with Gasteiger partial charge in [0.05, 0.1) is 0 Å². The summed E-state index contributed by atoms with van der Waals surface area (Å²) in [6.07, 6.45) is 4.30. The molecule has 27 heavy (non-hydrogen) atoms. The molecule has 3 aromatic rings. The van der Waals surface area contributed by atoms with Crippen molar-refractivity contribution >= 4 is 28.4 Å². The van der Waals surface area contributed by atoms with E-state index < -0.39 is 0 Å². The van der Waals surface area contributed by atoms with E-state index in [1.807, 2.05) is 29.2 Å². The summed E-state index contributed by atoms with van der Waals surface area (Å²) < 4.78 is 5.80. The Hall–Kier alpha value is -2.46. The van der Waals surface area contributed by atoms with Crippen LogP contribution in [0.4, 0.5) is 0 Å². The van der Waals surface area contributed by atoms with Gasteiger partial charge in [0.1, 0.15) is 5.75 Å². The molecule has 4 nitrogen and oxygen atoms in total. The van der Waals surface area contributed by atoms with E-state index >= 15 is 0 Å². The lowest BCUT2D eigenvalue weighted by molar-refractivity contribution is -0.134. The average Bonchev–Trinajstić information content (AvgIpc) is 3.29. The summed E-state index contributed by atoms with van der Waals surface area (Å²) >= 11 is 6.16. The van der Waals surface area contributed by atoms with Crippen molar-refractivity contribution in [2.45, 2.75) is 32.2 Å². The molecule has 0 atom stereocenters. The van der Waals surface area contributed by atoms with Crippen molar-refractivity contribution in [1.29, 1.82) is 0 Å². The van der Waals surface area contributed by atoms with Crippen LogP contribution in [0.3, 0.4) is 0 Å². The second-order valence-corrected chi connectivity index (χ2v) is 7.85. The molecule has 0 radical (unpaired) electrons. The van der Waals surface area contributed by atoms with Crippen molar-refractivity contribution in [3.05, 3.63) is 63.8 Å². The molecule has 0 spiro atoms. The Morgan fingerprint density at radius 1 is 1.11 bits per heavy atom. The number of halogens is 1. The van der Waals surface area contributed by atoms with Crippen molar-refractivity contribution in [2.75, 3.05) is 13.2 Å². The average molecular weight is 381 g/mol. The third kappa shape index (κ3) is 3.08. The number of nitrogens with zero attached hydrogens (tertiary/aromatic N) is 1. The number of rotatable bonds is 3. The highest BCUT2D eigenvalue weighted by Crippen LogP contribution is 2.30. The van der Waals surface area contributed by atoms with Gasteiger partial charge in [-0.1, -0.05) is 17.7 Å². The molecule has 0 saturated carbocycles. The fraction of sp³-hybridized carbons (Fsp3) is 0.318. The number of fused-ring (bicyclic) bond motifs is 4. The first-order valence-corrected chi connectivity index (χ1v) is 9.86. The predicted octanol–water partition coefficient (Wildman–Crippen LogP) is 4.27. The molecule has 0 saturated heterocycles. The van der Waals surface area contributed by atoms with Gasteiger partial charge in [-0.05, 0) is 60.7 Å². The van der Waals surface area contributed by atoms with Gasteiger partial charge in [0.2, 0.25) is 0 Å². The number of carbonyl (C=O) groups is 1. The molecule has 5 heteroatoms. The van der Waals surface area contributed by atoms with E-state index in [0.29, 0.717) is 18.1 Å². The lowest BCUT2D eigenvalue weighted by Gasteiger charge is -2.27. The van der Waals surface area contributed by atoms with Gasteiger partial charge < -0.3 is 14.6 Å². The van der Waals surface area contributed by atoms with Crippen LogP contribution in [-0.2, 0) is 30.6 Å². The first-order chi connectivity index (χ1) is 13.2. The summed E-state index contributed by atoms with van der Waals surface area (Å²) in [6.45, 7) is 1.39. The van der Waals surface area contributed by atoms with Crippen LogP contribution in [0.1, 0.15) is 28.8 Å². The number of aromatic nitrogens is 1. The summed E-state index contributed by atoms with van der Waals surface area (Å²) in [5.74, 6) is 0.818. The van der Waals surface area contributed by atoms with Gasteiger partial charge in [0.25, 0.3) is 5.91 Å². The Bertz CT molecular complexity index is 1040. The molecule has 1 amide bonds. The van der Waals surface area contributed by atoms with Crippen LogP contribution in [0.2, 0.25) is 5.02 Å². The number of hydrogen-bond donors (Lipinski definition) is 1. The number of aryl methyl sites for hydroxylation is 2. The molecular weight excluding hydrogens is 360 g/mol. The second kappa shape index (κ2) is 6.61. The Kier molecular flexibility index (Phi) is 4.09. The van der Waals surface area contributed by atoms with Crippen LogP contribution in [0.5, 0.6) is 5.75 Å². The number of benzene rings is 2. The highest BCUT2D eigenvalue weighted by atomic mass is 35.5. The second-order valence-electron chi connectivity index (χ2n) is 7.41. The maximum Gasteiger partial charge on any atom is 0.260 e. The lowest BCUT2D eigenvalue weighted by Crippen LogP contribution is -2.38. The van der Waals surface area contributed by atoms with E-state index in [0.717, 1.165) is 35.9 Å². The van der Waals surface area contributed by atoms with Crippen LogP contribution < -0.4 is 4.74 Å². The number of ether oxygens (including phenoxy) is 1. The van der Waals surface area contributed by atoms with Crippen molar-refractivity contribution in [3.8, 4) is 5.75 Å². The highest BCUT2D eigenvalue weighted by molar-refractivity contribution is 6.31. The number of amides is 1. The Labute approximate surface area is 163 Å². The molecule has 0 unspecified atom stereocenters. The molecular formula is C22H21ClN2O2. The number of carbonyl (C=O) groups excluding carboxylic acids is 1. The molecule has 2 aliphatic rings. The molecule has 0 fully saturated rings. The van der Waals surface area contributed by atoms with Crippen molar-refractivity contribution in [3.63, 3.8) is 0 Å². The Morgan fingerprint density at radius 2 is 2.00 bits per heavy atom. The summed E-state index contributed by atoms with van der Waals surface area (Å²) in [5, 5.41) is 1.82. The van der Waals surface area contributed by atoms with Crippen molar-refractivity contribution in [1.82, 2.24) is 9.88 Å². The number of nitrogens with one attached hydrogen (secondary N) is 1. The van der Waals surface area contributed by atoms with Gasteiger partial charge >= 0.3 is 0 Å². The van der Waals surface area contributed by atoms with Crippen molar-refractivity contribution in [2.24, 2.45) is 0 Å². The zero-order valence-corrected chi connectivity index (χ0v) is 15.8. The summed E-state index contributed by atoms with van der Waals surface area (Å²) in [7, 11) is 0. The minimum atomic E-state index is 0.0255. The fourth-order valence-electron chi connectivity index (χ4n) is 4.27. The maximum atomic E-state index is 12.7. The SMILES string of the molecule is O=C(COc1ccc2c(c1)CCC2)N1CCc2[nH]c3ccc(Cl)cc3c2C1. The Morgan fingerprint density at radius 3 is 2.93 bits per heavy atom. The minimum Gasteiger partial charge on any atom is -0.484 e. The van der Waals surface area contributed by atoms with Crippen LogP contribution in [0.15, 0.2) is 36.4 Å². The third-order valence-electron chi connectivity index (χ3n) is 5.72. The van der Waals surface area contributed by atoms with Gasteiger partial charge in [-0.2, -0.15) is 0 Å². The minimum absolute atomic E-state index is 0.0255. The van der Waals surface area contributed by atoms with E-state index in [-0.39, 0.29) is 12.5 Å². The molecule has 138 valence electrons. The normalized spacial score (nSPS) is 15.7. The van der Waals surface area contributed by atoms with Crippen LogP contribution >= 0.6 is 11.6 Å². The molecule has 5 rings (SSSR count). The lowest BCUT2D eigenvalue weighted by atomic mass is 10.0. The summed E-state index contributed by atoms with van der Waals surface area (Å²) in [6, 6.07) is 12.1. The maximum absolute atomic E-state index is 12.7. The zero-order valence-electron chi connectivity index (χ0n) is 15.1. The number of aromatic amines is 1. The first kappa shape index (κ1) is 16.7. The molecule has 2 aromatic carbocycles. The fourth-order valence-corrected chi connectivity index (χ4v) is 4.45. The van der Waals surface area contributed by atoms with E-state index in [1.54, 1.807) is 0 Å². The van der Waals surface area contributed by atoms with Crippen LogP contribution in [0, 0.1) is 0 Å². The summed E-state index contributed by atoms with van der Waals surface area (Å²) in [4.78, 5) is 18.0. The van der Waals surface area contributed by atoms with Gasteiger partial charge in [0.15, 0.2) is 6.61 Å². The molecule has 1 aromatic heterocycles. The highest BCUT2D eigenvalue weighted by Gasteiger charge is 2.24. The molecule has 2 heterocycles. The number of H-pyrrole nitrogens is 1. The quantitative estimate of drug-likeness (QED) is 0.737. The van der Waals surface area contributed by atoms with E-state index in [2.05, 4.69) is 17.1 Å². The predicted molar refractivity (Wildman–Crippen MR) is 106 cm³/mol. The van der Waals surface area contributed by atoms with Gasteiger partial charge in [0, 0.05) is 46.7 Å². The molecule has 1 aliphatic heterocycles. The topological polar surface area (TPSA) is 45.3 Å². The van der Waals surface area contributed by atoms with E-state index in [1.165, 1.54) is 28.8 Å². The van der Waals surface area contributed by atoms with Crippen LogP contribution in [0.25, 0.3) is 10.9 Å². The zero-order chi connectivity index (χ0) is 18.4. The molecule has 1 aliphatic carbocycles. The van der Waals surface area contributed by atoms with E-state index in [9.17, 15) is 4.79 Å². The summed E-state index contributed by atoms with van der Waals surface area (Å²) in [5.41, 5.74) is 6.22. The smallest absolute Gasteiger partial charge is 0.260 e. The molecule has 0 bridgehead atoms. The Balaban J connectivity index is 1.29. The van der Waals surface area contributed by atoms with Crippen LogP contribution in [-0.4, -0.2) is 28.9 Å². The monoisotopic (exact) mass is 380 g/mol. The molecule has 1 N–H and O–H groups in total. The number of hydrogen-bond acceptors (Lipinski definition) is 2. The van der Waals surface area contributed by atoms with Crippen molar-refractivity contribution < 1.29 is 9.53 Å². The first-order valence-electron chi connectivity index (χ1n) is 9.49. The standard InChI is InChI=1S/C22H21ClN2O2/c23-16-5-7-20-18(11-16)19-12-25(9-8-21(19)24-20)22(26)13-27-17-6-4-14-2-1-3-15(14)10-17/h4-7,10-11,24H,1-3,8-9,12-13H2. The van der Waals surface area contributed by atoms with Gasteiger partial charge in [-0.25, -0.2) is 0 Å². The van der Waals surface area contributed by atoms with Gasteiger partial charge in [-0.15, -0.1) is 0 Å². The third-order valence-corrected chi connectivity index (χ3v) is 5.96. The van der Waals surface area contributed by atoms with Gasteiger partial charge in [-0.3, -0.25) is 4.79 Å². The largest absolute Gasteiger partial charge is 0.484 e.